The summed E-state index contributed by atoms with van der Waals surface area (Å²) in [5.41, 5.74) is 1.57. The van der Waals surface area contributed by atoms with Crippen molar-refractivity contribution in [1.82, 2.24) is 34.1 Å². The fourth-order valence-electron chi connectivity index (χ4n) is 4.19. The summed E-state index contributed by atoms with van der Waals surface area (Å²) in [5.74, 6) is 1.85. The largest absolute Gasteiger partial charge is 0.494 e. The van der Waals surface area contributed by atoms with Gasteiger partial charge in [-0.3, -0.25) is 9.29 Å². The minimum Gasteiger partial charge on any atom is -0.494 e. The van der Waals surface area contributed by atoms with E-state index in [1.54, 1.807) is 49.1 Å². The zero-order valence-corrected chi connectivity index (χ0v) is 22.0. The number of benzene rings is 1. The molecule has 1 saturated heterocycles. The Kier molecular flexibility index (Phi) is 7.26. The molecule has 0 aliphatic carbocycles. The third-order valence-electron chi connectivity index (χ3n) is 5.89. The molecule has 1 fully saturated rings. The second kappa shape index (κ2) is 10.8. The van der Waals surface area contributed by atoms with Crippen LogP contribution in [0.15, 0.2) is 42.6 Å². The first-order valence-corrected chi connectivity index (χ1v) is 13.4. The molecule has 38 heavy (non-hydrogen) atoms. The van der Waals surface area contributed by atoms with E-state index in [-0.39, 0.29) is 18.5 Å². The normalized spacial score (nSPS) is 14.4. The zero-order chi connectivity index (χ0) is 26.7. The summed E-state index contributed by atoms with van der Waals surface area (Å²) in [6.45, 7) is 4.18. The summed E-state index contributed by atoms with van der Waals surface area (Å²) in [5, 5.41) is 3.14. The second-order valence-electron chi connectivity index (χ2n) is 8.23. The van der Waals surface area contributed by atoms with Crippen LogP contribution in [0, 0.1) is 0 Å². The Bertz CT molecular complexity index is 1540. The highest BCUT2D eigenvalue weighted by atomic mass is 32.2. The Morgan fingerprint density at radius 1 is 1.03 bits per heavy atom. The van der Waals surface area contributed by atoms with E-state index in [4.69, 9.17) is 19.2 Å². The van der Waals surface area contributed by atoms with Gasteiger partial charge < -0.3 is 19.5 Å². The molecule has 0 amide bonds. The van der Waals surface area contributed by atoms with Crippen LogP contribution in [0.2, 0.25) is 0 Å². The molecule has 2 N–H and O–H groups in total. The van der Waals surface area contributed by atoms with Crippen LogP contribution in [0.4, 0.5) is 5.82 Å². The van der Waals surface area contributed by atoms with Crippen LogP contribution < -0.4 is 24.2 Å². The molecule has 3 aromatic heterocycles. The standard InChI is InChI=1S/C24H28N8O5S.H2/c1-4-37-20-10-5-7-16(27-20)23-29-22-24(32(23)21-17(35-2)8-6-9-18(21)36-3)28-19(15-26-22)30-38(33,34)31-13-11-25-12-14-31;/h5-10,15,25H,4,11-14H2,1-3H3,(H,28,30);1H. The van der Waals surface area contributed by atoms with Gasteiger partial charge in [-0.15, -0.1) is 0 Å². The maximum Gasteiger partial charge on any atom is 0.302 e. The number of ether oxygens (including phenoxy) is 3. The summed E-state index contributed by atoms with van der Waals surface area (Å²) in [4.78, 5) is 18.3. The number of fused-ring (bicyclic) bond motifs is 1. The van der Waals surface area contributed by atoms with Crippen LogP contribution in [0.5, 0.6) is 17.4 Å². The molecule has 0 spiro atoms. The lowest BCUT2D eigenvalue weighted by Crippen LogP contribution is -2.48. The number of methoxy groups -OCH3 is 2. The molecule has 13 nitrogen and oxygen atoms in total. The fraction of sp³-hybridized carbons (Fsp3) is 0.333. The number of pyridine rings is 1. The number of aromatic nitrogens is 5. The monoisotopic (exact) mass is 542 g/mol. The van der Waals surface area contributed by atoms with Crippen LogP contribution in [-0.2, 0) is 10.2 Å². The summed E-state index contributed by atoms with van der Waals surface area (Å²) in [6.07, 6.45) is 1.34. The average molecular weight is 543 g/mol. The number of nitrogens with zero attached hydrogens (tertiary/aromatic N) is 6. The first kappa shape index (κ1) is 25.6. The Hall–Kier alpha value is -4.01. The van der Waals surface area contributed by atoms with Gasteiger partial charge in [0, 0.05) is 33.7 Å². The van der Waals surface area contributed by atoms with Gasteiger partial charge in [0.15, 0.2) is 22.9 Å². The number of anilines is 1. The highest BCUT2D eigenvalue weighted by Crippen LogP contribution is 2.38. The molecule has 202 valence electrons. The molecule has 1 aliphatic rings. The predicted octanol–water partition coefficient (Wildman–Crippen LogP) is 2.10. The number of nitrogens with one attached hydrogen (secondary N) is 2. The molecular formula is C24H30N8O5S. The van der Waals surface area contributed by atoms with E-state index in [0.717, 1.165) is 0 Å². The molecule has 5 rings (SSSR count). The maximum atomic E-state index is 13.0. The van der Waals surface area contributed by atoms with Gasteiger partial charge in [-0.1, -0.05) is 12.1 Å². The second-order valence-corrected chi connectivity index (χ2v) is 9.91. The van der Waals surface area contributed by atoms with Crippen LogP contribution in [-0.4, -0.2) is 84.2 Å². The number of imidazole rings is 1. The van der Waals surface area contributed by atoms with Crippen molar-refractivity contribution >= 4 is 27.3 Å². The molecule has 0 bridgehead atoms. The van der Waals surface area contributed by atoms with Crippen molar-refractivity contribution in [2.45, 2.75) is 6.92 Å². The van der Waals surface area contributed by atoms with Gasteiger partial charge >= 0.3 is 10.2 Å². The third kappa shape index (κ3) is 4.92. The molecule has 14 heteroatoms. The van der Waals surface area contributed by atoms with E-state index < -0.39 is 10.2 Å². The van der Waals surface area contributed by atoms with Crippen molar-refractivity contribution in [2.75, 3.05) is 51.7 Å². The molecule has 1 aliphatic heterocycles. The van der Waals surface area contributed by atoms with E-state index in [9.17, 15) is 8.42 Å². The lowest BCUT2D eigenvalue weighted by atomic mass is 10.2. The van der Waals surface area contributed by atoms with Gasteiger partial charge in [0.2, 0.25) is 5.88 Å². The average Bonchev–Trinajstić information content (AvgIpc) is 3.31. The topological polar surface area (TPSA) is 146 Å². The zero-order valence-electron chi connectivity index (χ0n) is 21.2. The van der Waals surface area contributed by atoms with Crippen LogP contribution in [0.3, 0.4) is 0 Å². The third-order valence-corrected chi connectivity index (χ3v) is 7.40. The molecule has 0 saturated carbocycles. The van der Waals surface area contributed by atoms with E-state index in [1.807, 2.05) is 13.0 Å². The number of piperazine rings is 1. The van der Waals surface area contributed by atoms with Crippen molar-refractivity contribution < 1.29 is 24.1 Å². The van der Waals surface area contributed by atoms with Crippen LogP contribution >= 0.6 is 0 Å². The van der Waals surface area contributed by atoms with Gasteiger partial charge in [0.05, 0.1) is 27.0 Å². The highest BCUT2D eigenvalue weighted by molar-refractivity contribution is 7.90. The smallest absolute Gasteiger partial charge is 0.302 e. The van der Waals surface area contributed by atoms with Crippen molar-refractivity contribution in [3.05, 3.63) is 42.6 Å². The molecule has 4 heterocycles. The van der Waals surface area contributed by atoms with Gasteiger partial charge in [-0.2, -0.15) is 12.7 Å². The van der Waals surface area contributed by atoms with Crippen LogP contribution in [0.1, 0.15) is 8.35 Å². The lowest BCUT2D eigenvalue weighted by molar-refractivity contribution is 0.327. The Labute approximate surface area is 221 Å². The van der Waals surface area contributed by atoms with Crippen molar-refractivity contribution in [3.8, 4) is 34.6 Å². The first-order valence-electron chi connectivity index (χ1n) is 12.0. The molecule has 0 radical (unpaired) electrons. The summed E-state index contributed by atoms with van der Waals surface area (Å²) < 4.78 is 48.5. The van der Waals surface area contributed by atoms with E-state index in [0.29, 0.717) is 67.4 Å². The molecule has 0 unspecified atom stereocenters. The SMILES string of the molecule is CCOc1cccc(-c2nc3ncc(NS(=O)(=O)N4CCNCC4)nc3n2-c2c(OC)cccc2OC)n1.[HH]. The Morgan fingerprint density at radius 3 is 2.42 bits per heavy atom. The van der Waals surface area contributed by atoms with Gasteiger partial charge in [-0.05, 0) is 25.1 Å². The fourth-order valence-corrected chi connectivity index (χ4v) is 5.34. The summed E-state index contributed by atoms with van der Waals surface area (Å²) in [6, 6.07) is 10.7. The number of rotatable bonds is 9. The quantitative estimate of drug-likeness (QED) is 0.322. The van der Waals surface area contributed by atoms with Gasteiger partial charge in [0.25, 0.3) is 0 Å². The van der Waals surface area contributed by atoms with Gasteiger partial charge in [-0.25, -0.2) is 19.9 Å². The summed E-state index contributed by atoms with van der Waals surface area (Å²) >= 11 is 0. The first-order chi connectivity index (χ1) is 18.4. The molecule has 1 aromatic carbocycles. The van der Waals surface area contributed by atoms with E-state index in [2.05, 4.69) is 25.0 Å². The minimum atomic E-state index is -3.83. The number of para-hydroxylation sites is 1. The highest BCUT2D eigenvalue weighted by Gasteiger charge is 2.27. The van der Waals surface area contributed by atoms with Crippen molar-refractivity contribution in [3.63, 3.8) is 0 Å². The van der Waals surface area contributed by atoms with Gasteiger partial charge in [0.1, 0.15) is 22.9 Å². The maximum absolute atomic E-state index is 13.0. The van der Waals surface area contributed by atoms with Crippen molar-refractivity contribution in [1.29, 1.82) is 0 Å². The minimum absolute atomic E-state index is 0. The molecule has 0 atom stereocenters. The van der Waals surface area contributed by atoms with Crippen LogP contribution in [0.25, 0.3) is 28.5 Å². The van der Waals surface area contributed by atoms with E-state index >= 15 is 0 Å². The molecular weight excluding hydrogens is 512 g/mol. The number of hydrogen-bond donors (Lipinski definition) is 2. The molecule has 4 aromatic rings. The van der Waals surface area contributed by atoms with Crippen molar-refractivity contribution in [2.24, 2.45) is 0 Å². The van der Waals surface area contributed by atoms with E-state index in [1.165, 1.54) is 10.5 Å². The number of hydrogen-bond acceptors (Lipinski definition) is 10. The Balaban J connectivity index is 0.00000353. The lowest BCUT2D eigenvalue weighted by Gasteiger charge is -2.26. The Morgan fingerprint density at radius 2 is 1.74 bits per heavy atom. The summed E-state index contributed by atoms with van der Waals surface area (Å²) in [7, 11) is -0.742. The predicted molar refractivity (Wildman–Crippen MR) is 143 cm³/mol.